The minimum atomic E-state index is -1.24. The van der Waals surface area contributed by atoms with Crippen LogP contribution in [-0.4, -0.2) is 40.8 Å². The van der Waals surface area contributed by atoms with Gasteiger partial charge >= 0.3 is 5.97 Å². The fourth-order valence-electron chi connectivity index (χ4n) is 2.80. The van der Waals surface area contributed by atoms with Gasteiger partial charge in [-0.1, -0.05) is 6.07 Å². The molecule has 5 heteroatoms. The molecule has 1 saturated heterocycles. The van der Waals surface area contributed by atoms with E-state index in [4.69, 9.17) is 9.84 Å². The Morgan fingerprint density at radius 2 is 2.25 bits per heavy atom. The molecule has 20 heavy (non-hydrogen) atoms. The first-order valence-corrected chi connectivity index (χ1v) is 6.69. The molecule has 1 fully saturated rings. The number of hydrogen-bond donors (Lipinski definition) is 1. The van der Waals surface area contributed by atoms with E-state index in [0.29, 0.717) is 6.54 Å². The highest BCUT2D eigenvalue weighted by Gasteiger charge is 2.31. The van der Waals surface area contributed by atoms with Crippen LogP contribution in [0.4, 0.5) is 4.39 Å². The lowest BCUT2D eigenvalue weighted by molar-refractivity contribution is -0.130. The molecule has 1 aliphatic heterocycles. The molecule has 1 aromatic rings. The molecular formula is C15H20FNO3. The number of hydrogen-bond acceptors (Lipinski definition) is 3. The molecule has 1 heterocycles. The SMILES string of the molecule is CC1CN(Cc2ccc(F)c(C(=O)O)c2)CC(C)(C)O1. The molecule has 1 N–H and O–H groups in total. The van der Waals surface area contributed by atoms with Crippen molar-refractivity contribution in [2.45, 2.75) is 39.0 Å². The number of nitrogens with zero attached hydrogens (tertiary/aromatic N) is 1. The summed E-state index contributed by atoms with van der Waals surface area (Å²) >= 11 is 0. The Kier molecular flexibility index (Phi) is 4.11. The van der Waals surface area contributed by atoms with Gasteiger partial charge in [0.25, 0.3) is 0 Å². The molecule has 0 spiro atoms. The molecule has 0 aromatic heterocycles. The molecule has 1 aromatic carbocycles. The largest absolute Gasteiger partial charge is 0.478 e. The van der Waals surface area contributed by atoms with E-state index in [2.05, 4.69) is 4.90 Å². The maximum absolute atomic E-state index is 13.4. The van der Waals surface area contributed by atoms with Crippen LogP contribution in [0.1, 0.15) is 36.7 Å². The quantitative estimate of drug-likeness (QED) is 0.925. The van der Waals surface area contributed by atoms with Gasteiger partial charge < -0.3 is 9.84 Å². The van der Waals surface area contributed by atoms with Crippen molar-refractivity contribution in [2.75, 3.05) is 13.1 Å². The van der Waals surface area contributed by atoms with Gasteiger partial charge in [0, 0.05) is 19.6 Å². The van der Waals surface area contributed by atoms with Crippen molar-refractivity contribution < 1.29 is 19.0 Å². The third-order valence-corrected chi connectivity index (χ3v) is 3.31. The summed E-state index contributed by atoms with van der Waals surface area (Å²) in [6.45, 7) is 8.21. The number of halogens is 1. The first-order chi connectivity index (χ1) is 9.27. The molecule has 0 radical (unpaired) electrons. The highest BCUT2D eigenvalue weighted by atomic mass is 19.1. The first kappa shape index (κ1) is 14.9. The summed E-state index contributed by atoms with van der Waals surface area (Å²) in [7, 11) is 0. The Morgan fingerprint density at radius 1 is 1.55 bits per heavy atom. The summed E-state index contributed by atoms with van der Waals surface area (Å²) in [6, 6.07) is 4.26. The van der Waals surface area contributed by atoms with Gasteiger partial charge in [0.1, 0.15) is 5.82 Å². The van der Waals surface area contributed by atoms with Crippen LogP contribution in [-0.2, 0) is 11.3 Å². The molecule has 4 nitrogen and oxygen atoms in total. The zero-order chi connectivity index (χ0) is 14.9. The van der Waals surface area contributed by atoms with Crippen molar-refractivity contribution >= 4 is 5.97 Å². The molecule has 0 bridgehead atoms. The summed E-state index contributed by atoms with van der Waals surface area (Å²) in [4.78, 5) is 13.1. The van der Waals surface area contributed by atoms with Crippen LogP contribution >= 0.6 is 0 Å². The topological polar surface area (TPSA) is 49.8 Å². The van der Waals surface area contributed by atoms with Crippen LogP contribution in [0.15, 0.2) is 18.2 Å². The fourth-order valence-corrected chi connectivity index (χ4v) is 2.80. The van der Waals surface area contributed by atoms with E-state index < -0.39 is 11.8 Å². The fraction of sp³-hybridized carbons (Fsp3) is 0.533. The molecule has 0 amide bonds. The van der Waals surface area contributed by atoms with Crippen molar-refractivity contribution in [1.29, 1.82) is 0 Å². The summed E-state index contributed by atoms with van der Waals surface area (Å²) in [6.07, 6.45) is 0.123. The van der Waals surface area contributed by atoms with Crippen molar-refractivity contribution in [3.63, 3.8) is 0 Å². The van der Waals surface area contributed by atoms with Gasteiger partial charge in [-0.15, -0.1) is 0 Å². The average Bonchev–Trinajstić information content (AvgIpc) is 2.28. The van der Waals surface area contributed by atoms with E-state index in [1.54, 1.807) is 6.07 Å². The van der Waals surface area contributed by atoms with E-state index in [0.717, 1.165) is 18.7 Å². The normalized spacial score (nSPS) is 22.7. The van der Waals surface area contributed by atoms with Crippen molar-refractivity contribution in [3.8, 4) is 0 Å². The Labute approximate surface area is 118 Å². The van der Waals surface area contributed by atoms with E-state index in [-0.39, 0.29) is 17.3 Å². The summed E-state index contributed by atoms with van der Waals surface area (Å²) < 4.78 is 19.2. The number of ether oxygens (including phenoxy) is 1. The number of rotatable bonds is 3. The van der Waals surface area contributed by atoms with E-state index in [1.807, 2.05) is 20.8 Å². The van der Waals surface area contributed by atoms with Gasteiger partial charge in [-0.3, -0.25) is 4.90 Å². The number of carboxylic acid groups (broad SMARTS) is 1. The maximum atomic E-state index is 13.4. The van der Waals surface area contributed by atoms with E-state index >= 15 is 0 Å². The predicted octanol–water partition coefficient (Wildman–Crippen LogP) is 2.52. The highest BCUT2D eigenvalue weighted by Crippen LogP contribution is 2.22. The predicted molar refractivity (Wildman–Crippen MR) is 73.3 cm³/mol. The van der Waals surface area contributed by atoms with Gasteiger partial charge in [0.05, 0.1) is 17.3 Å². The minimum absolute atomic E-state index is 0.123. The lowest BCUT2D eigenvalue weighted by Crippen LogP contribution is -2.51. The van der Waals surface area contributed by atoms with E-state index in [9.17, 15) is 9.18 Å². The lowest BCUT2D eigenvalue weighted by Gasteiger charge is -2.41. The zero-order valence-electron chi connectivity index (χ0n) is 12.0. The Morgan fingerprint density at radius 3 is 2.85 bits per heavy atom. The third-order valence-electron chi connectivity index (χ3n) is 3.31. The van der Waals surface area contributed by atoms with Gasteiger partial charge in [-0.05, 0) is 38.5 Å². The Hall–Kier alpha value is -1.46. The molecule has 0 saturated carbocycles. The van der Waals surface area contributed by atoms with Crippen LogP contribution in [0, 0.1) is 5.82 Å². The summed E-state index contributed by atoms with van der Waals surface area (Å²) in [5, 5.41) is 8.95. The first-order valence-electron chi connectivity index (χ1n) is 6.69. The van der Waals surface area contributed by atoms with Crippen molar-refractivity contribution in [2.24, 2.45) is 0 Å². The smallest absolute Gasteiger partial charge is 0.338 e. The van der Waals surface area contributed by atoms with Gasteiger partial charge in [0.2, 0.25) is 0 Å². The number of morpholine rings is 1. The molecular weight excluding hydrogens is 261 g/mol. The molecule has 1 atom stereocenters. The number of benzene rings is 1. The molecule has 1 aliphatic rings. The van der Waals surface area contributed by atoms with Gasteiger partial charge in [-0.25, -0.2) is 9.18 Å². The zero-order valence-corrected chi connectivity index (χ0v) is 12.0. The third kappa shape index (κ3) is 3.55. The molecule has 2 rings (SSSR count). The number of carboxylic acids is 1. The van der Waals surface area contributed by atoms with Gasteiger partial charge in [-0.2, -0.15) is 0 Å². The number of carbonyl (C=O) groups is 1. The Balaban J connectivity index is 2.14. The summed E-state index contributed by atoms with van der Waals surface area (Å²) in [5.74, 6) is -1.93. The lowest BCUT2D eigenvalue weighted by atomic mass is 10.0. The van der Waals surface area contributed by atoms with E-state index in [1.165, 1.54) is 12.1 Å². The van der Waals surface area contributed by atoms with Crippen LogP contribution in [0.2, 0.25) is 0 Å². The highest BCUT2D eigenvalue weighted by molar-refractivity contribution is 5.88. The van der Waals surface area contributed by atoms with Crippen LogP contribution in [0.3, 0.4) is 0 Å². The molecule has 1 unspecified atom stereocenters. The minimum Gasteiger partial charge on any atom is -0.478 e. The van der Waals surface area contributed by atoms with Crippen LogP contribution < -0.4 is 0 Å². The molecule has 110 valence electrons. The second-order valence-corrected chi connectivity index (χ2v) is 5.98. The van der Waals surface area contributed by atoms with Crippen molar-refractivity contribution in [1.82, 2.24) is 4.90 Å². The summed E-state index contributed by atoms with van der Waals surface area (Å²) in [5.41, 5.74) is 0.296. The standard InChI is InChI=1S/C15H20FNO3/c1-10-7-17(9-15(2,3)20-10)8-11-4-5-13(16)12(6-11)14(18)19/h4-6,10H,7-9H2,1-3H3,(H,18,19). The maximum Gasteiger partial charge on any atom is 0.338 e. The van der Waals surface area contributed by atoms with Crippen LogP contribution in [0.25, 0.3) is 0 Å². The average molecular weight is 281 g/mol. The molecule has 0 aliphatic carbocycles. The monoisotopic (exact) mass is 281 g/mol. The van der Waals surface area contributed by atoms with Crippen molar-refractivity contribution in [3.05, 3.63) is 35.1 Å². The second kappa shape index (κ2) is 5.50. The number of aromatic carboxylic acids is 1. The van der Waals surface area contributed by atoms with Crippen LogP contribution in [0.5, 0.6) is 0 Å². The second-order valence-electron chi connectivity index (χ2n) is 5.98. The van der Waals surface area contributed by atoms with Gasteiger partial charge in [0.15, 0.2) is 0 Å². The Bertz CT molecular complexity index is 516.